The molecule has 2 amide bonds. The highest BCUT2D eigenvalue weighted by molar-refractivity contribution is 6.21. The number of fused-ring (bicyclic) bond motifs is 1. The first-order chi connectivity index (χ1) is 10.6. The molecule has 0 spiro atoms. The molecular formula is C16H12N2O4. The topological polar surface area (TPSA) is 76.6 Å². The van der Waals surface area contributed by atoms with Gasteiger partial charge in [0.1, 0.15) is 0 Å². The minimum absolute atomic E-state index is 0.0980. The molecule has 110 valence electrons. The van der Waals surface area contributed by atoms with Gasteiger partial charge in [-0.15, -0.1) is 0 Å². The summed E-state index contributed by atoms with van der Waals surface area (Å²) in [5.74, 6) is -1.37. The van der Waals surface area contributed by atoms with E-state index in [1.165, 1.54) is 25.3 Å². The zero-order valence-electron chi connectivity index (χ0n) is 11.8. The number of hydrogen-bond donors (Lipinski definition) is 0. The maximum atomic E-state index is 12.4. The van der Waals surface area contributed by atoms with Crippen molar-refractivity contribution < 1.29 is 19.1 Å². The van der Waals surface area contributed by atoms with Crippen LogP contribution < -0.4 is 0 Å². The van der Waals surface area contributed by atoms with Gasteiger partial charge in [0.25, 0.3) is 11.8 Å². The molecule has 3 rings (SSSR count). The van der Waals surface area contributed by atoms with Crippen LogP contribution in [0, 0.1) is 0 Å². The van der Waals surface area contributed by atoms with Crippen molar-refractivity contribution in [2.75, 3.05) is 7.11 Å². The van der Waals surface area contributed by atoms with Crippen molar-refractivity contribution in [2.45, 2.75) is 6.54 Å². The van der Waals surface area contributed by atoms with Gasteiger partial charge in [0.2, 0.25) is 0 Å². The first-order valence-electron chi connectivity index (χ1n) is 6.60. The van der Waals surface area contributed by atoms with E-state index in [2.05, 4.69) is 9.72 Å². The van der Waals surface area contributed by atoms with Crippen LogP contribution in [0.5, 0.6) is 0 Å². The number of carbonyl (C=O) groups is 3. The Morgan fingerprint density at radius 1 is 1.14 bits per heavy atom. The molecule has 0 N–H and O–H groups in total. The van der Waals surface area contributed by atoms with E-state index in [9.17, 15) is 14.4 Å². The molecule has 1 aromatic carbocycles. The van der Waals surface area contributed by atoms with Gasteiger partial charge in [0, 0.05) is 6.20 Å². The second-order valence-electron chi connectivity index (χ2n) is 4.77. The fraction of sp³-hybridized carbons (Fsp3) is 0.125. The van der Waals surface area contributed by atoms with Crippen LogP contribution in [0.15, 0.2) is 42.6 Å². The fourth-order valence-corrected chi connectivity index (χ4v) is 2.33. The van der Waals surface area contributed by atoms with Gasteiger partial charge in [0.15, 0.2) is 0 Å². The van der Waals surface area contributed by atoms with Gasteiger partial charge in [-0.25, -0.2) is 4.79 Å². The average Bonchev–Trinajstić information content (AvgIpc) is 2.79. The van der Waals surface area contributed by atoms with E-state index < -0.39 is 11.9 Å². The van der Waals surface area contributed by atoms with Gasteiger partial charge >= 0.3 is 5.97 Å². The Bertz CT molecular complexity index is 771. The second kappa shape index (κ2) is 5.40. The van der Waals surface area contributed by atoms with Gasteiger partial charge < -0.3 is 4.74 Å². The summed E-state index contributed by atoms with van der Waals surface area (Å²) in [5, 5.41) is 0. The van der Waals surface area contributed by atoms with E-state index in [-0.39, 0.29) is 29.1 Å². The Balaban J connectivity index is 1.93. The van der Waals surface area contributed by atoms with Crippen LogP contribution in [0.3, 0.4) is 0 Å². The number of amides is 2. The van der Waals surface area contributed by atoms with Gasteiger partial charge in [-0.2, -0.15) is 0 Å². The highest BCUT2D eigenvalue weighted by atomic mass is 16.5. The number of benzene rings is 1. The molecule has 0 unspecified atom stereocenters. The molecule has 0 atom stereocenters. The molecule has 0 saturated heterocycles. The summed E-state index contributed by atoms with van der Waals surface area (Å²) < 4.78 is 4.62. The molecular weight excluding hydrogens is 284 g/mol. The molecule has 2 heterocycles. The predicted octanol–water partition coefficient (Wildman–Crippen LogP) is 1.66. The Morgan fingerprint density at radius 3 is 2.59 bits per heavy atom. The number of esters is 1. The minimum Gasteiger partial charge on any atom is -0.465 e. The van der Waals surface area contributed by atoms with Crippen molar-refractivity contribution in [3.05, 3.63) is 65.0 Å². The highest BCUT2D eigenvalue weighted by Crippen LogP contribution is 2.25. The van der Waals surface area contributed by atoms with Crippen LogP contribution in [0.4, 0.5) is 0 Å². The standard InChI is InChI=1S/C16H12N2O4/c1-22-16(21)10-5-6-12-13(8-10)15(20)18(14(12)19)9-11-4-2-3-7-17-11/h2-8H,9H2,1H3. The molecule has 0 radical (unpaired) electrons. The summed E-state index contributed by atoms with van der Waals surface area (Å²) >= 11 is 0. The summed E-state index contributed by atoms with van der Waals surface area (Å²) in [6.45, 7) is 0.0980. The highest BCUT2D eigenvalue weighted by Gasteiger charge is 2.36. The number of nitrogens with zero attached hydrogens (tertiary/aromatic N) is 2. The number of ether oxygens (including phenoxy) is 1. The number of imide groups is 1. The Kier molecular flexibility index (Phi) is 3.42. The number of pyridine rings is 1. The average molecular weight is 296 g/mol. The summed E-state index contributed by atoms with van der Waals surface area (Å²) in [5.41, 5.74) is 1.35. The smallest absolute Gasteiger partial charge is 0.337 e. The SMILES string of the molecule is COC(=O)c1ccc2c(c1)C(=O)N(Cc1ccccn1)C2=O. The summed E-state index contributed by atoms with van der Waals surface area (Å²) in [6.07, 6.45) is 1.60. The van der Waals surface area contributed by atoms with E-state index in [4.69, 9.17) is 0 Å². The minimum atomic E-state index is -0.550. The lowest BCUT2D eigenvalue weighted by atomic mass is 10.1. The second-order valence-corrected chi connectivity index (χ2v) is 4.77. The van der Waals surface area contributed by atoms with Gasteiger partial charge in [0.05, 0.1) is 36.0 Å². The third-order valence-corrected chi connectivity index (χ3v) is 3.44. The molecule has 1 aliphatic heterocycles. The zero-order chi connectivity index (χ0) is 15.7. The number of hydrogen-bond acceptors (Lipinski definition) is 5. The van der Waals surface area contributed by atoms with Crippen LogP contribution >= 0.6 is 0 Å². The molecule has 0 aliphatic carbocycles. The first-order valence-corrected chi connectivity index (χ1v) is 6.60. The fourth-order valence-electron chi connectivity index (χ4n) is 2.33. The molecule has 0 bridgehead atoms. The maximum absolute atomic E-state index is 12.4. The normalized spacial score (nSPS) is 13.2. The van der Waals surface area contributed by atoms with Gasteiger partial charge in [-0.3, -0.25) is 19.5 Å². The Labute approximate surface area is 126 Å². The van der Waals surface area contributed by atoms with Crippen LogP contribution in [0.2, 0.25) is 0 Å². The summed E-state index contributed by atoms with van der Waals surface area (Å²) in [4.78, 5) is 41.5. The van der Waals surface area contributed by atoms with Gasteiger partial charge in [-0.05, 0) is 30.3 Å². The van der Waals surface area contributed by atoms with Crippen molar-refractivity contribution in [1.82, 2.24) is 9.88 Å². The Hall–Kier alpha value is -3.02. The summed E-state index contributed by atoms with van der Waals surface area (Å²) in [7, 11) is 1.26. The lowest BCUT2D eigenvalue weighted by Gasteiger charge is -2.12. The molecule has 0 fully saturated rings. The predicted molar refractivity (Wildman–Crippen MR) is 76.2 cm³/mol. The van der Waals surface area contributed by atoms with Gasteiger partial charge in [-0.1, -0.05) is 6.07 Å². The third kappa shape index (κ3) is 2.24. The molecule has 1 aromatic heterocycles. The number of rotatable bonds is 3. The van der Waals surface area contributed by atoms with Crippen LogP contribution in [-0.4, -0.2) is 34.8 Å². The Morgan fingerprint density at radius 2 is 1.91 bits per heavy atom. The van der Waals surface area contributed by atoms with E-state index in [1.807, 2.05) is 0 Å². The molecule has 6 nitrogen and oxygen atoms in total. The molecule has 6 heteroatoms. The monoisotopic (exact) mass is 296 g/mol. The zero-order valence-corrected chi connectivity index (χ0v) is 11.8. The van der Waals surface area contributed by atoms with Crippen molar-refractivity contribution in [3.8, 4) is 0 Å². The number of aromatic nitrogens is 1. The number of carbonyl (C=O) groups excluding carboxylic acids is 3. The quantitative estimate of drug-likeness (QED) is 0.636. The van der Waals surface area contributed by atoms with Crippen LogP contribution in [0.25, 0.3) is 0 Å². The molecule has 0 saturated carbocycles. The van der Waals surface area contributed by atoms with E-state index in [0.29, 0.717) is 5.69 Å². The summed E-state index contributed by atoms with van der Waals surface area (Å²) in [6, 6.07) is 9.62. The third-order valence-electron chi connectivity index (χ3n) is 3.44. The first kappa shape index (κ1) is 13.9. The van der Waals surface area contributed by atoms with E-state index in [0.717, 1.165) is 4.90 Å². The van der Waals surface area contributed by atoms with Crippen LogP contribution in [-0.2, 0) is 11.3 Å². The van der Waals surface area contributed by atoms with Crippen molar-refractivity contribution >= 4 is 17.8 Å². The van der Waals surface area contributed by atoms with Crippen molar-refractivity contribution in [2.24, 2.45) is 0 Å². The largest absolute Gasteiger partial charge is 0.465 e. The van der Waals surface area contributed by atoms with Crippen LogP contribution in [0.1, 0.15) is 36.8 Å². The van der Waals surface area contributed by atoms with E-state index in [1.54, 1.807) is 24.4 Å². The van der Waals surface area contributed by atoms with E-state index >= 15 is 0 Å². The lowest BCUT2D eigenvalue weighted by molar-refractivity contribution is 0.0599. The van der Waals surface area contributed by atoms with Crippen molar-refractivity contribution in [3.63, 3.8) is 0 Å². The number of methoxy groups -OCH3 is 1. The maximum Gasteiger partial charge on any atom is 0.337 e. The molecule has 2 aromatic rings. The molecule has 1 aliphatic rings. The van der Waals surface area contributed by atoms with Crippen molar-refractivity contribution in [1.29, 1.82) is 0 Å². The molecule has 22 heavy (non-hydrogen) atoms. The lowest BCUT2D eigenvalue weighted by Crippen LogP contribution is -2.29.